The molecule has 0 saturated carbocycles. The maximum absolute atomic E-state index is 12.8. The van der Waals surface area contributed by atoms with E-state index in [0.717, 1.165) is 5.56 Å². The van der Waals surface area contributed by atoms with Crippen molar-refractivity contribution in [3.05, 3.63) is 54.1 Å². The van der Waals surface area contributed by atoms with Crippen molar-refractivity contribution >= 4 is 21.8 Å². The number of ether oxygens (including phenoxy) is 3. The highest BCUT2D eigenvalue weighted by Crippen LogP contribution is 2.27. The van der Waals surface area contributed by atoms with Gasteiger partial charge in [0.2, 0.25) is 10.0 Å². The minimum Gasteiger partial charge on any atom is -0.493 e. The SMILES string of the molecule is COc1ccc(CCNC(=O)C(=O)NC[C@@H]2OCCN2S(=O)(=O)c2ccccc2)cc1OC. The third-order valence-electron chi connectivity index (χ3n) is 5.08. The monoisotopic (exact) mass is 477 g/mol. The van der Waals surface area contributed by atoms with E-state index in [4.69, 9.17) is 14.2 Å². The average Bonchev–Trinajstić information content (AvgIpc) is 3.32. The molecule has 178 valence electrons. The molecular weight excluding hydrogens is 450 g/mol. The molecule has 2 amide bonds. The first-order valence-electron chi connectivity index (χ1n) is 10.3. The molecule has 1 heterocycles. The van der Waals surface area contributed by atoms with Gasteiger partial charge in [-0.2, -0.15) is 4.31 Å². The topological polar surface area (TPSA) is 123 Å². The van der Waals surface area contributed by atoms with Crippen LogP contribution in [-0.4, -0.2) is 71.2 Å². The van der Waals surface area contributed by atoms with Gasteiger partial charge in [-0.15, -0.1) is 0 Å². The Morgan fingerprint density at radius 3 is 2.42 bits per heavy atom. The third-order valence-corrected chi connectivity index (χ3v) is 6.99. The van der Waals surface area contributed by atoms with Crippen molar-refractivity contribution in [2.45, 2.75) is 17.5 Å². The number of carbonyl (C=O) groups is 2. The highest BCUT2D eigenvalue weighted by Gasteiger charge is 2.36. The van der Waals surface area contributed by atoms with Gasteiger partial charge in [0.25, 0.3) is 0 Å². The van der Waals surface area contributed by atoms with Crippen LogP contribution < -0.4 is 20.1 Å². The van der Waals surface area contributed by atoms with Gasteiger partial charge in [-0.05, 0) is 36.2 Å². The highest BCUT2D eigenvalue weighted by atomic mass is 32.2. The van der Waals surface area contributed by atoms with E-state index < -0.39 is 28.1 Å². The summed E-state index contributed by atoms with van der Waals surface area (Å²) in [4.78, 5) is 24.4. The molecule has 0 aliphatic carbocycles. The van der Waals surface area contributed by atoms with Gasteiger partial charge >= 0.3 is 11.8 Å². The van der Waals surface area contributed by atoms with Gasteiger partial charge in [-0.25, -0.2) is 8.42 Å². The lowest BCUT2D eigenvalue weighted by Gasteiger charge is -2.22. The summed E-state index contributed by atoms with van der Waals surface area (Å²) >= 11 is 0. The second-order valence-corrected chi connectivity index (χ2v) is 9.05. The van der Waals surface area contributed by atoms with Crippen molar-refractivity contribution in [3.63, 3.8) is 0 Å². The molecule has 0 spiro atoms. The quantitative estimate of drug-likeness (QED) is 0.505. The number of nitrogens with one attached hydrogen (secondary N) is 2. The molecule has 10 nitrogen and oxygen atoms in total. The summed E-state index contributed by atoms with van der Waals surface area (Å²) in [5, 5.41) is 4.99. The first-order valence-corrected chi connectivity index (χ1v) is 11.8. The Bertz CT molecular complexity index is 1080. The van der Waals surface area contributed by atoms with E-state index in [1.807, 2.05) is 6.07 Å². The molecular formula is C22H27N3O7S. The van der Waals surface area contributed by atoms with Gasteiger partial charge < -0.3 is 24.8 Å². The van der Waals surface area contributed by atoms with Crippen LogP contribution >= 0.6 is 0 Å². The zero-order chi connectivity index (χ0) is 23.8. The van der Waals surface area contributed by atoms with E-state index in [9.17, 15) is 18.0 Å². The lowest BCUT2D eigenvalue weighted by Crippen LogP contribution is -2.47. The van der Waals surface area contributed by atoms with Crippen molar-refractivity contribution < 1.29 is 32.2 Å². The number of methoxy groups -OCH3 is 2. The predicted molar refractivity (Wildman–Crippen MR) is 119 cm³/mol. The summed E-state index contributed by atoms with van der Waals surface area (Å²) < 4.78 is 42.7. The van der Waals surface area contributed by atoms with Crippen LogP contribution in [-0.2, 0) is 30.8 Å². The third kappa shape index (κ3) is 6.01. The number of rotatable bonds is 9. The van der Waals surface area contributed by atoms with Gasteiger partial charge in [0, 0.05) is 13.1 Å². The molecule has 0 radical (unpaired) electrons. The van der Waals surface area contributed by atoms with E-state index in [1.165, 1.54) is 23.5 Å². The van der Waals surface area contributed by atoms with Crippen molar-refractivity contribution in [1.82, 2.24) is 14.9 Å². The van der Waals surface area contributed by atoms with Crippen molar-refractivity contribution in [1.29, 1.82) is 0 Å². The first kappa shape index (κ1) is 24.5. The predicted octanol–water partition coefficient (Wildman–Crippen LogP) is 0.526. The summed E-state index contributed by atoms with van der Waals surface area (Å²) in [5.41, 5.74) is 0.898. The van der Waals surface area contributed by atoms with E-state index >= 15 is 0 Å². The Labute approximate surface area is 192 Å². The highest BCUT2D eigenvalue weighted by molar-refractivity contribution is 7.89. The maximum Gasteiger partial charge on any atom is 0.309 e. The zero-order valence-corrected chi connectivity index (χ0v) is 19.3. The van der Waals surface area contributed by atoms with Crippen LogP contribution in [0.5, 0.6) is 11.5 Å². The van der Waals surface area contributed by atoms with Gasteiger partial charge in [-0.1, -0.05) is 24.3 Å². The summed E-state index contributed by atoms with van der Waals surface area (Å²) in [6.07, 6.45) is -0.410. The van der Waals surface area contributed by atoms with E-state index in [0.29, 0.717) is 17.9 Å². The Morgan fingerprint density at radius 1 is 1.03 bits per heavy atom. The van der Waals surface area contributed by atoms with Crippen molar-refractivity contribution in [2.24, 2.45) is 0 Å². The number of amides is 2. The van der Waals surface area contributed by atoms with E-state index in [1.54, 1.807) is 37.4 Å². The van der Waals surface area contributed by atoms with Crippen LogP contribution in [0.4, 0.5) is 0 Å². The van der Waals surface area contributed by atoms with Gasteiger partial charge in [0.05, 0.1) is 32.3 Å². The number of sulfonamides is 1. The fraction of sp³-hybridized carbons (Fsp3) is 0.364. The number of hydrogen-bond acceptors (Lipinski definition) is 7. The van der Waals surface area contributed by atoms with Crippen molar-refractivity contribution in [3.8, 4) is 11.5 Å². The zero-order valence-electron chi connectivity index (χ0n) is 18.4. The van der Waals surface area contributed by atoms with Gasteiger partial charge in [0.1, 0.15) is 6.23 Å². The maximum atomic E-state index is 12.8. The smallest absolute Gasteiger partial charge is 0.309 e. The molecule has 0 unspecified atom stereocenters. The number of benzene rings is 2. The Kier molecular flexibility index (Phi) is 8.26. The number of nitrogens with zero attached hydrogens (tertiary/aromatic N) is 1. The molecule has 2 aromatic carbocycles. The minimum absolute atomic E-state index is 0.139. The lowest BCUT2D eigenvalue weighted by atomic mass is 10.1. The number of carbonyl (C=O) groups excluding carboxylic acids is 2. The first-order chi connectivity index (χ1) is 15.9. The van der Waals surface area contributed by atoms with Crippen LogP contribution in [0.2, 0.25) is 0 Å². The fourth-order valence-corrected chi connectivity index (χ4v) is 4.90. The molecule has 11 heteroatoms. The molecule has 33 heavy (non-hydrogen) atoms. The second kappa shape index (κ2) is 11.1. The molecule has 0 aromatic heterocycles. The molecule has 3 rings (SSSR count). The molecule has 2 N–H and O–H groups in total. The van der Waals surface area contributed by atoms with Crippen LogP contribution in [0.3, 0.4) is 0 Å². The van der Waals surface area contributed by atoms with Gasteiger partial charge in [-0.3, -0.25) is 9.59 Å². The molecule has 1 aliphatic heterocycles. The molecule has 0 bridgehead atoms. The summed E-state index contributed by atoms with van der Waals surface area (Å²) in [6, 6.07) is 13.4. The largest absolute Gasteiger partial charge is 0.493 e. The molecule has 2 aromatic rings. The summed E-state index contributed by atoms with van der Waals surface area (Å²) in [5.74, 6) is -0.506. The summed E-state index contributed by atoms with van der Waals surface area (Å²) in [6.45, 7) is 0.448. The lowest BCUT2D eigenvalue weighted by molar-refractivity contribution is -0.139. The van der Waals surface area contributed by atoms with Gasteiger partial charge in [0.15, 0.2) is 11.5 Å². The molecule has 1 aliphatic rings. The van der Waals surface area contributed by atoms with E-state index in [-0.39, 0.29) is 31.1 Å². The molecule has 1 saturated heterocycles. The fourth-order valence-electron chi connectivity index (χ4n) is 3.37. The molecule has 1 fully saturated rings. The normalized spacial score (nSPS) is 16.2. The standard InChI is InChI=1S/C22H27N3O7S/c1-30-18-9-8-16(14-19(18)31-2)10-11-23-21(26)22(27)24-15-20-25(12-13-32-20)33(28,29)17-6-4-3-5-7-17/h3-9,14,20H,10-13,15H2,1-2H3,(H,23,26)(H,24,27)/t20-/m0/s1. The van der Waals surface area contributed by atoms with Crippen LogP contribution in [0.15, 0.2) is 53.4 Å². The second-order valence-electron chi connectivity index (χ2n) is 7.16. The molecule has 1 atom stereocenters. The van der Waals surface area contributed by atoms with Crippen LogP contribution in [0.1, 0.15) is 5.56 Å². The Hall–Kier alpha value is -3.15. The minimum atomic E-state index is -3.77. The van der Waals surface area contributed by atoms with Crippen molar-refractivity contribution in [2.75, 3.05) is 40.5 Å². The van der Waals surface area contributed by atoms with Crippen LogP contribution in [0.25, 0.3) is 0 Å². The van der Waals surface area contributed by atoms with Crippen LogP contribution in [0, 0.1) is 0 Å². The summed E-state index contributed by atoms with van der Waals surface area (Å²) in [7, 11) is -0.694. The van der Waals surface area contributed by atoms with E-state index in [2.05, 4.69) is 10.6 Å². The average molecular weight is 478 g/mol. The Balaban J connectivity index is 1.48. The Morgan fingerprint density at radius 2 is 1.73 bits per heavy atom. The number of hydrogen-bond donors (Lipinski definition) is 2.